The predicted molar refractivity (Wildman–Crippen MR) is 217 cm³/mol. The third kappa shape index (κ3) is 4.79. The first-order chi connectivity index (χ1) is 25.1. The lowest BCUT2D eigenvalue weighted by Gasteiger charge is -2.20. The van der Waals surface area contributed by atoms with Gasteiger partial charge in [0.05, 0.1) is 11.0 Å². The van der Waals surface area contributed by atoms with Crippen LogP contribution < -0.4 is 0 Å². The third-order valence-corrected chi connectivity index (χ3v) is 10.6. The molecule has 8 aromatic carbocycles. The highest BCUT2D eigenvalue weighted by Gasteiger charge is 2.19. The van der Waals surface area contributed by atoms with Gasteiger partial charge in [0.1, 0.15) is 0 Å². The first kappa shape index (κ1) is 29.5. The van der Waals surface area contributed by atoms with Crippen molar-refractivity contribution in [3.8, 4) is 33.4 Å². The van der Waals surface area contributed by atoms with Gasteiger partial charge in [0.15, 0.2) is 0 Å². The Hall–Kier alpha value is -6.38. The van der Waals surface area contributed by atoms with Crippen molar-refractivity contribution in [2.75, 3.05) is 0 Å². The van der Waals surface area contributed by atoms with Crippen molar-refractivity contribution in [1.82, 2.24) is 9.97 Å². The average molecular weight is 651 g/mol. The minimum atomic E-state index is 0.845. The summed E-state index contributed by atoms with van der Waals surface area (Å²) in [6, 6.07) is 58.1. The summed E-state index contributed by atoms with van der Waals surface area (Å²) in [5.41, 5.74) is 11.3. The molecule has 240 valence electrons. The molecule has 10 rings (SSSR count). The maximum absolute atomic E-state index is 5.16. The normalized spacial score (nSPS) is 11.8. The molecule has 0 N–H and O–H groups in total. The highest BCUT2D eigenvalue weighted by atomic mass is 14.8. The lowest BCUT2D eigenvalue weighted by molar-refractivity contribution is 1.06. The molecule has 0 atom stereocenters. The number of aryl methyl sites for hydroxylation is 2. The largest absolute Gasteiger partial charge is 0.251 e. The summed E-state index contributed by atoms with van der Waals surface area (Å²) >= 11 is 0. The highest BCUT2D eigenvalue weighted by Crippen LogP contribution is 2.46. The smallest absolute Gasteiger partial charge is 0.0974 e. The molecule has 2 aromatic heterocycles. The Balaban J connectivity index is 1.33. The van der Waals surface area contributed by atoms with Crippen molar-refractivity contribution in [1.29, 1.82) is 0 Å². The molecular weight excluding hydrogens is 617 g/mol. The molecule has 0 bridgehead atoms. The van der Waals surface area contributed by atoms with Crippen LogP contribution in [0.1, 0.15) is 18.3 Å². The topological polar surface area (TPSA) is 25.8 Å². The zero-order valence-corrected chi connectivity index (χ0v) is 28.6. The molecule has 0 fully saturated rings. The molecule has 51 heavy (non-hydrogen) atoms. The van der Waals surface area contributed by atoms with E-state index < -0.39 is 0 Å². The second kappa shape index (κ2) is 11.6. The van der Waals surface area contributed by atoms with Crippen LogP contribution in [0, 0.1) is 6.92 Å². The molecule has 2 nitrogen and oxygen atoms in total. The van der Waals surface area contributed by atoms with Crippen LogP contribution in [0.25, 0.3) is 98.3 Å². The van der Waals surface area contributed by atoms with Crippen LogP contribution in [0.2, 0.25) is 0 Å². The Kier molecular flexibility index (Phi) is 6.72. The van der Waals surface area contributed by atoms with Crippen LogP contribution in [0.4, 0.5) is 0 Å². The van der Waals surface area contributed by atoms with Gasteiger partial charge in [-0.1, -0.05) is 134 Å². The molecule has 0 unspecified atom stereocenters. The van der Waals surface area contributed by atoms with E-state index in [4.69, 9.17) is 9.97 Å². The van der Waals surface area contributed by atoms with Gasteiger partial charge >= 0.3 is 0 Å². The van der Waals surface area contributed by atoms with E-state index in [0.29, 0.717) is 0 Å². The quantitative estimate of drug-likeness (QED) is 0.140. The molecule has 2 heterocycles. The average Bonchev–Trinajstić information content (AvgIpc) is 3.18. The molecule has 0 saturated heterocycles. The fraction of sp³-hybridized carbons (Fsp3) is 0.0612. The molecule has 0 aliphatic carbocycles. The zero-order valence-electron chi connectivity index (χ0n) is 28.6. The molecule has 0 aliphatic heterocycles. The number of fused-ring (bicyclic) bond motifs is 7. The summed E-state index contributed by atoms with van der Waals surface area (Å²) in [5.74, 6) is 0. The summed E-state index contributed by atoms with van der Waals surface area (Å²) in [6.07, 6.45) is 0.845. The van der Waals surface area contributed by atoms with Gasteiger partial charge < -0.3 is 0 Å². The molecule has 0 spiro atoms. The fourth-order valence-corrected chi connectivity index (χ4v) is 8.10. The van der Waals surface area contributed by atoms with E-state index in [2.05, 4.69) is 172 Å². The molecule has 0 amide bonds. The lowest BCUT2D eigenvalue weighted by Crippen LogP contribution is -1.96. The van der Waals surface area contributed by atoms with Gasteiger partial charge in [0.25, 0.3) is 0 Å². The lowest BCUT2D eigenvalue weighted by atomic mass is 9.84. The van der Waals surface area contributed by atoms with Crippen molar-refractivity contribution in [2.24, 2.45) is 0 Å². The Morgan fingerprint density at radius 3 is 1.59 bits per heavy atom. The summed E-state index contributed by atoms with van der Waals surface area (Å²) in [5, 5.41) is 12.2. The van der Waals surface area contributed by atoms with Crippen LogP contribution in [-0.4, -0.2) is 9.97 Å². The first-order valence-corrected chi connectivity index (χ1v) is 17.8. The number of hydrogen-bond donors (Lipinski definition) is 0. The van der Waals surface area contributed by atoms with Crippen LogP contribution in [0.15, 0.2) is 158 Å². The monoisotopic (exact) mass is 650 g/mol. The first-order valence-electron chi connectivity index (χ1n) is 17.8. The summed E-state index contributed by atoms with van der Waals surface area (Å²) in [7, 11) is 0. The zero-order chi connectivity index (χ0) is 34.1. The van der Waals surface area contributed by atoms with E-state index in [1.807, 2.05) is 0 Å². The SMILES string of the molecule is CCc1cc(-c2ccc3c(-c4ccc5ccccc5c4)c4ccccc4c(-c4ccc5ccccc5c4)c3c2)c2ccc3ccc(C)nc3c2n1. The second-order valence-electron chi connectivity index (χ2n) is 13.7. The van der Waals surface area contributed by atoms with Crippen molar-refractivity contribution in [3.63, 3.8) is 0 Å². The minimum absolute atomic E-state index is 0.845. The van der Waals surface area contributed by atoms with Crippen LogP contribution in [0.5, 0.6) is 0 Å². The van der Waals surface area contributed by atoms with Gasteiger partial charge in [-0.15, -0.1) is 0 Å². The molecule has 2 heteroatoms. The predicted octanol–water partition coefficient (Wildman–Crippen LogP) is 13.3. The van der Waals surface area contributed by atoms with Crippen LogP contribution in [0.3, 0.4) is 0 Å². The number of rotatable bonds is 4. The maximum Gasteiger partial charge on any atom is 0.0974 e. The number of nitrogens with zero attached hydrogens (tertiary/aromatic N) is 2. The number of aromatic nitrogens is 2. The standard InChI is InChI=1S/C49H34N2/c1-3-39-29-44(43-25-22-33-17-16-30(2)50-48(33)49(43)51-39)36-23-24-42-45(28-36)47(38-21-19-32-11-5-7-13-35(32)27-38)41-15-9-8-14-40(41)46(42)37-20-18-31-10-4-6-12-34(31)26-37/h4-29H,3H2,1-2H3. The molecule has 0 radical (unpaired) electrons. The number of benzene rings is 8. The van der Waals surface area contributed by atoms with Crippen molar-refractivity contribution < 1.29 is 0 Å². The van der Waals surface area contributed by atoms with Gasteiger partial charge in [-0.25, -0.2) is 0 Å². The van der Waals surface area contributed by atoms with E-state index >= 15 is 0 Å². The summed E-state index contributed by atoms with van der Waals surface area (Å²) in [6.45, 7) is 4.24. The Morgan fingerprint density at radius 1 is 0.392 bits per heavy atom. The maximum atomic E-state index is 5.16. The van der Waals surface area contributed by atoms with Crippen LogP contribution >= 0.6 is 0 Å². The Morgan fingerprint density at radius 2 is 0.922 bits per heavy atom. The van der Waals surface area contributed by atoms with E-state index in [1.165, 1.54) is 76.5 Å². The molecular formula is C49H34N2. The highest BCUT2D eigenvalue weighted by molar-refractivity contribution is 6.23. The second-order valence-corrected chi connectivity index (χ2v) is 13.7. The van der Waals surface area contributed by atoms with Gasteiger partial charge in [-0.3, -0.25) is 9.97 Å². The van der Waals surface area contributed by atoms with E-state index in [-0.39, 0.29) is 0 Å². The fourth-order valence-electron chi connectivity index (χ4n) is 8.10. The third-order valence-electron chi connectivity index (χ3n) is 10.6. The van der Waals surface area contributed by atoms with Crippen LogP contribution in [-0.2, 0) is 6.42 Å². The van der Waals surface area contributed by atoms with Gasteiger partial charge in [0, 0.05) is 22.2 Å². The Bertz CT molecular complexity index is 3030. The van der Waals surface area contributed by atoms with E-state index in [0.717, 1.165) is 39.6 Å². The van der Waals surface area contributed by atoms with Crippen molar-refractivity contribution >= 4 is 64.9 Å². The minimum Gasteiger partial charge on any atom is -0.251 e. The van der Waals surface area contributed by atoms with Crippen molar-refractivity contribution in [3.05, 3.63) is 169 Å². The summed E-state index contributed by atoms with van der Waals surface area (Å²) < 4.78 is 0. The Labute approximate surface area is 296 Å². The van der Waals surface area contributed by atoms with Gasteiger partial charge in [-0.05, 0) is 120 Å². The summed E-state index contributed by atoms with van der Waals surface area (Å²) in [4.78, 5) is 10.1. The van der Waals surface area contributed by atoms with E-state index in [9.17, 15) is 0 Å². The molecule has 0 saturated carbocycles. The van der Waals surface area contributed by atoms with Gasteiger partial charge in [0.2, 0.25) is 0 Å². The number of hydrogen-bond acceptors (Lipinski definition) is 2. The number of pyridine rings is 2. The molecule has 0 aliphatic rings. The van der Waals surface area contributed by atoms with Crippen molar-refractivity contribution in [2.45, 2.75) is 20.3 Å². The van der Waals surface area contributed by atoms with E-state index in [1.54, 1.807) is 0 Å². The molecule has 10 aromatic rings. The van der Waals surface area contributed by atoms with Gasteiger partial charge in [-0.2, -0.15) is 0 Å².